The Morgan fingerprint density at radius 3 is 2.04 bits per heavy atom. The number of nitrogens with one attached hydrogen (secondary N) is 2. The van der Waals surface area contributed by atoms with Crippen LogP contribution in [0.4, 0.5) is 18.0 Å². The summed E-state index contributed by atoms with van der Waals surface area (Å²) < 4.78 is 41.4. The van der Waals surface area contributed by atoms with Crippen molar-refractivity contribution in [2.24, 2.45) is 0 Å². The molecular formula is C17H21F3N2O5. The van der Waals surface area contributed by atoms with Gasteiger partial charge in [-0.2, -0.15) is 13.2 Å². The number of hydrogen-bond donors (Lipinski definition) is 3. The molecule has 10 heteroatoms. The van der Waals surface area contributed by atoms with Gasteiger partial charge in [-0.05, 0) is 31.9 Å². The van der Waals surface area contributed by atoms with Crippen LogP contribution in [-0.4, -0.2) is 40.9 Å². The lowest BCUT2D eigenvalue weighted by molar-refractivity contribution is -0.173. The molecule has 0 heterocycles. The molecule has 1 aromatic rings. The average Bonchev–Trinajstić information content (AvgIpc) is 2.50. The van der Waals surface area contributed by atoms with Gasteiger partial charge in [0.15, 0.2) is 0 Å². The standard InChI is InChI=1S/C17H21F3N2O5/c1-16(2,3)27-15(26)22-12(13(23)24)8-10-4-6-11(7-5-10)9-21-14(25)17(18,19)20/h4-7,12H,8-9H2,1-3H3,(H,21,25)(H,22,26)(H,23,24)/t12-/m0/s1. The normalized spacial score (nSPS) is 12.8. The third-order valence-corrected chi connectivity index (χ3v) is 3.16. The molecule has 0 saturated heterocycles. The lowest BCUT2D eigenvalue weighted by Crippen LogP contribution is -2.44. The number of ether oxygens (including phenoxy) is 1. The monoisotopic (exact) mass is 390 g/mol. The van der Waals surface area contributed by atoms with Gasteiger partial charge in [0.1, 0.15) is 11.6 Å². The molecule has 0 spiro atoms. The number of rotatable bonds is 6. The first-order valence-electron chi connectivity index (χ1n) is 7.93. The van der Waals surface area contributed by atoms with Gasteiger partial charge in [0, 0.05) is 13.0 Å². The molecule has 0 aliphatic rings. The Kier molecular flexibility index (Phi) is 7.21. The lowest BCUT2D eigenvalue weighted by Gasteiger charge is -2.22. The first-order chi connectivity index (χ1) is 12.3. The van der Waals surface area contributed by atoms with Crippen LogP contribution in [-0.2, 0) is 27.3 Å². The number of alkyl carbamates (subject to hydrolysis) is 1. The molecule has 0 aromatic heterocycles. The molecule has 0 radical (unpaired) electrons. The maximum atomic E-state index is 12.1. The van der Waals surface area contributed by atoms with Crippen molar-refractivity contribution in [3.05, 3.63) is 35.4 Å². The van der Waals surface area contributed by atoms with Gasteiger partial charge in [0.25, 0.3) is 0 Å². The SMILES string of the molecule is CC(C)(C)OC(=O)N[C@@H](Cc1ccc(CNC(=O)C(F)(F)F)cc1)C(=O)O. The molecule has 150 valence electrons. The van der Waals surface area contributed by atoms with Gasteiger partial charge in [0.05, 0.1) is 0 Å². The summed E-state index contributed by atoms with van der Waals surface area (Å²) in [6.07, 6.45) is -5.88. The second-order valence-corrected chi connectivity index (χ2v) is 6.74. The number of aliphatic carboxylic acids is 1. The summed E-state index contributed by atoms with van der Waals surface area (Å²) in [6, 6.07) is 4.68. The Morgan fingerprint density at radius 2 is 1.59 bits per heavy atom. The second-order valence-electron chi connectivity index (χ2n) is 6.74. The van der Waals surface area contributed by atoms with E-state index >= 15 is 0 Å². The van der Waals surface area contributed by atoms with Gasteiger partial charge in [-0.1, -0.05) is 24.3 Å². The van der Waals surface area contributed by atoms with Crippen LogP contribution < -0.4 is 10.6 Å². The Labute approximate surface area is 153 Å². The first kappa shape index (κ1) is 22.3. The van der Waals surface area contributed by atoms with Crippen LogP contribution >= 0.6 is 0 Å². The molecule has 0 aliphatic carbocycles. The van der Waals surface area contributed by atoms with Crippen molar-refractivity contribution in [1.82, 2.24) is 10.6 Å². The minimum Gasteiger partial charge on any atom is -0.480 e. The third-order valence-electron chi connectivity index (χ3n) is 3.16. The summed E-state index contributed by atoms with van der Waals surface area (Å²) in [6.45, 7) is 4.59. The number of halogens is 3. The molecule has 0 saturated carbocycles. The Bertz CT molecular complexity index is 681. The zero-order valence-electron chi connectivity index (χ0n) is 15.0. The van der Waals surface area contributed by atoms with Crippen LogP contribution in [0.1, 0.15) is 31.9 Å². The second kappa shape index (κ2) is 8.74. The van der Waals surface area contributed by atoms with Gasteiger partial charge in [-0.3, -0.25) is 4.79 Å². The number of carboxylic acid groups (broad SMARTS) is 1. The van der Waals surface area contributed by atoms with E-state index in [1.165, 1.54) is 24.3 Å². The minimum atomic E-state index is -4.96. The van der Waals surface area contributed by atoms with Crippen molar-refractivity contribution in [1.29, 1.82) is 0 Å². The van der Waals surface area contributed by atoms with Crippen LogP contribution in [0, 0.1) is 0 Å². The van der Waals surface area contributed by atoms with Crippen molar-refractivity contribution in [2.45, 2.75) is 51.6 Å². The Hall–Kier alpha value is -2.78. The van der Waals surface area contributed by atoms with E-state index in [4.69, 9.17) is 4.74 Å². The highest BCUT2D eigenvalue weighted by Crippen LogP contribution is 2.15. The Morgan fingerprint density at radius 1 is 1.07 bits per heavy atom. The first-order valence-corrected chi connectivity index (χ1v) is 7.93. The van der Waals surface area contributed by atoms with Crippen LogP contribution in [0.15, 0.2) is 24.3 Å². The van der Waals surface area contributed by atoms with E-state index in [0.717, 1.165) is 0 Å². The quantitative estimate of drug-likeness (QED) is 0.692. The molecule has 2 amide bonds. The maximum absolute atomic E-state index is 12.1. The molecule has 1 rings (SSSR count). The van der Waals surface area contributed by atoms with Crippen molar-refractivity contribution in [3.63, 3.8) is 0 Å². The maximum Gasteiger partial charge on any atom is 0.471 e. The molecule has 0 bridgehead atoms. The van der Waals surface area contributed by atoms with E-state index in [0.29, 0.717) is 11.1 Å². The van der Waals surface area contributed by atoms with Crippen LogP contribution in [0.25, 0.3) is 0 Å². The molecule has 1 aromatic carbocycles. The third kappa shape index (κ3) is 8.43. The summed E-state index contributed by atoms with van der Waals surface area (Å²) in [5.41, 5.74) is 0.156. The van der Waals surface area contributed by atoms with Crippen molar-refractivity contribution in [3.8, 4) is 0 Å². The summed E-state index contributed by atoms with van der Waals surface area (Å²) >= 11 is 0. The van der Waals surface area contributed by atoms with Gasteiger partial charge < -0.3 is 20.5 Å². The van der Waals surface area contributed by atoms with Gasteiger partial charge in [-0.15, -0.1) is 0 Å². The largest absolute Gasteiger partial charge is 0.480 e. The fraction of sp³-hybridized carbons (Fsp3) is 0.471. The fourth-order valence-corrected chi connectivity index (χ4v) is 1.96. The molecule has 1 atom stereocenters. The number of benzene rings is 1. The summed E-state index contributed by atoms with van der Waals surface area (Å²) in [4.78, 5) is 33.8. The number of carbonyl (C=O) groups excluding carboxylic acids is 2. The molecule has 0 fully saturated rings. The van der Waals surface area contributed by atoms with E-state index in [1.54, 1.807) is 26.1 Å². The Balaban J connectivity index is 2.66. The molecule has 3 N–H and O–H groups in total. The van der Waals surface area contributed by atoms with Crippen LogP contribution in [0.3, 0.4) is 0 Å². The number of alkyl halides is 3. The van der Waals surface area contributed by atoms with Crippen molar-refractivity contribution < 1.29 is 37.4 Å². The molecular weight excluding hydrogens is 369 g/mol. The van der Waals surface area contributed by atoms with Crippen LogP contribution in [0.2, 0.25) is 0 Å². The number of amides is 2. The minimum absolute atomic E-state index is 0.0518. The van der Waals surface area contributed by atoms with Gasteiger partial charge >= 0.3 is 24.1 Å². The molecule has 0 unspecified atom stereocenters. The van der Waals surface area contributed by atoms with E-state index in [2.05, 4.69) is 5.32 Å². The average molecular weight is 390 g/mol. The predicted octanol–water partition coefficient (Wildman–Crippen LogP) is 2.39. The van der Waals surface area contributed by atoms with Gasteiger partial charge in [-0.25, -0.2) is 9.59 Å². The van der Waals surface area contributed by atoms with Crippen molar-refractivity contribution in [2.75, 3.05) is 0 Å². The topological polar surface area (TPSA) is 105 Å². The lowest BCUT2D eigenvalue weighted by atomic mass is 10.0. The van der Waals surface area contributed by atoms with E-state index in [-0.39, 0.29) is 13.0 Å². The fourth-order valence-electron chi connectivity index (χ4n) is 1.96. The summed E-state index contributed by atoms with van der Waals surface area (Å²) in [5, 5.41) is 13.2. The number of carbonyl (C=O) groups is 3. The molecule has 7 nitrogen and oxygen atoms in total. The molecule has 27 heavy (non-hydrogen) atoms. The zero-order chi connectivity index (χ0) is 20.8. The smallest absolute Gasteiger partial charge is 0.471 e. The number of carboxylic acids is 1. The number of hydrogen-bond acceptors (Lipinski definition) is 4. The molecule has 0 aliphatic heterocycles. The van der Waals surface area contributed by atoms with E-state index in [9.17, 15) is 32.7 Å². The highest BCUT2D eigenvalue weighted by Gasteiger charge is 2.38. The van der Waals surface area contributed by atoms with E-state index in [1.807, 2.05) is 0 Å². The zero-order valence-corrected chi connectivity index (χ0v) is 15.0. The summed E-state index contributed by atoms with van der Waals surface area (Å²) in [7, 11) is 0. The highest BCUT2D eigenvalue weighted by atomic mass is 19.4. The highest BCUT2D eigenvalue weighted by molar-refractivity contribution is 5.81. The van der Waals surface area contributed by atoms with E-state index < -0.39 is 35.8 Å². The predicted molar refractivity (Wildman–Crippen MR) is 88.8 cm³/mol. The van der Waals surface area contributed by atoms with Crippen molar-refractivity contribution >= 4 is 18.0 Å². The van der Waals surface area contributed by atoms with Gasteiger partial charge in [0.2, 0.25) is 0 Å². The summed E-state index contributed by atoms with van der Waals surface area (Å²) in [5.74, 6) is -3.30. The van der Waals surface area contributed by atoms with Crippen LogP contribution in [0.5, 0.6) is 0 Å².